The van der Waals surface area contributed by atoms with Crippen molar-refractivity contribution in [3.8, 4) is 5.75 Å². The van der Waals surface area contributed by atoms with Gasteiger partial charge in [0.25, 0.3) is 5.91 Å². The monoisotopic (exact) mass is 350 g/mol. The van der Waals surface area contributed by atoms with Crippen LogP contribution in [0.25, 0.3) is 0 Å². The summed E-state index contributed by atoms with van der Waals surface area (Å²) in [5, 5.41) is 4.35. The van der Waals surface area contributed by atoms with Gasteiger partial charge in [-0.1, -0.05) is 50.2 Å². The molecule has 0 fully saturated rings. The average Bonchev–Trinajstić information content (AvgIpc) is 2.64. The van der Waals surface area contributed by atoms with Crippen LogP contribution >= 0.6 is 0 Å². The van der Waals surface area contributed by atoms with Crippen LogP contribution in [0.5, 0.6) is 5.75 Å². The Kier molecular flexibility index (Phi) is 5.71. The predicted molar refractivity (Wildman–Crippen MR) is 105 cm³/mol. The summed E-state index contributed by atoms with van der Waals surface area (Å²) in [4.78, 5) is 12.2. The molecule has 136 valence electrons. The van der Waals surface area contributed by atoms with Crippen LogP contribution < -0.4 is 10.2 Å². The lowest BCUT2D eigenvalue weighted by Gasteiger charge is -2.17. The molecule has 0 atom stereocenters. The van der Waals surface area contributed by atoms with Crippen LogP contribution in [0.3, 0.4) is 0 Å². The topological polar surface area (TPSA) is 50.7 Å². The molecule has 0 saturated heterocycles. The summed E-state index contributed by atoms with van der Waals surface area (Å²) >= 11 is 0. The van der Waals surface area contributed by atoms with E-state index in [4.69, 9.17) is 4.74 Å². The minimum atomic E-state index is -0.239. The van der Waals surface area contributed by atoms with Crippen LogP contribution in [0.15, 0.2) is 47.6 Å². The predicted octanol–water partition coefficient (Wildman–Crippen LogP) is 4.35. The molecule has 26 heavy (non-hydrogen) atoms. The number of hydrogen-bond acceptors (Lipinski definition) is 3. The van der Waals surface area contributed by atoms with Crippen molar-refractivity contribution in [2.45, 2.75) is 46.0 Å². The molecule has 1 aliphatic rings. The maximum absolute atomic E-state index is 12.2. The Morgan fingerprint density at radius 1 is 1.19 bits per heavy atom. The molecule has 0 radical (unpaired) electrons. The van der Waals surface area contributed by atoms with Gasteiger partial charge in [-0.2, -0.15) is 5.10 Å². The van der Waals surface area contributed by atoms with Gasteiger partial charge in [0, 0.05) is 5.56 Å². The van der Waals surface area contributed by atoms with Gasteiger partial charge in [-0.15, -0.1) is 0 Å². The zero-order chi connectivity index (χ0) is 18.5. The maximum atomic E-state index is 12.2. The first-order valence-corrected chi connectivity index (χ1v) is 9.21. The van der Waals surface area contributed by atoms with Crippen molar-refractivity contribution in [1.82, 2.24) is 5.43 Å². The number of carbonyl (C=O) groups excluding carboxylic acids is 1. The number of nitrogens with one attached hydrogen (secondary N) is 1. The molecule has 0 unspecified atom stereocenters. The van der Waals surface area contributed by atoms with E-state index in [1.807, 2.05) is 25.1 Å². The zero-order valence-electron chi connectivity index (χ0n) is 15.7. The number of hydrogen-bond donors (Lipinski definition) is 1. The van der Waals surface area contributed by atoms with E-state index in [9.17, 15) is 4.79 Å². The van der Waals surface area contributed by atoms with Gasteiger partial charge in [0.15, 0.2) is 6.61 Å². The first-order chi connectivity index (χ1) is 12.5. The number of fused-ring (bicyclic) bond motifs is 1. The normalized spacial score (nSPS) is 15.0. The van der Waals surface area contributed by atoms with Gasteiger partial charge >= 0.3 is 0 Å². The van der Waals surface area contributed by atoms with Crippen LogP contribution in [0.2, 0.25) is 0 Å². The molecule has 4 heteroatoms. The fourth-order valence-electron chi connectivity index (χ4n) is 3.27. The van der Waals surface area contributed by atoms with Crippen molar-refractivity contribution in [3.05, 3.63) is 64.7 Å². The molecule has 0 aromatic heterocycles. The third-order valence-corrected chi connectivity index (χ3v) is 4.65. The summed E-state index contributed by atoms with van der Waals surface area (Å²) in [6.45, 7) is 6.21. The summed E-state index contributed by atoms with van der Waals surface area (Å²) in [6.07, 6.45) is 3.01. The molecule has 0 spiro atoms. The lowest BCUT2D eigenvalue weighted by atomic mass is 9.90. The van der Waals surface area contributed by atoms with Crippen LogP contribution in [0.1, 0.15) is 54.9 Å². The highest BCUT2D eigenvalue weighted by Crippen LogP contribution is 2.27. The van der Waals surface area contributed by atoms with E-state index in [0.717, 1.165) is 47.4 Å². The Hall–Kier alpha value is -2.62. The number of amides is 1. The number of ether oxygens (including phenoxy) is 1. The van der Waals surface area contributed by atoms with Gasteiger partial charge in [0.05, 0.1) is 5.71 Å². The first kappa shape index (κ1) is 18.2. The van der Waals surface area contributed by atoms with Crippen molar-refractivity contribution in [2.75, 3.05) is 6.61 Å². The quantitative estimate of drug-likeness (QED) is 0.815. The van der Waals surface area contributed by atoms with Gasteiger partial charge in [-0.05, 0) is 54.9 Å². The Balaban J connectivity index is 1.63. The van der Waals surface area contributed by atoms with Gasteiger partial charge < -0.3 is 4.74 Å². The minimum Gasteiger partial charge on any atom is -0.483 e. The third kappa shape index (κ3) is 4.31. The molecule has 2 aromatic rings. The zero-order valence-corrected chi connectivity index (χ0v) is 15.7. The highest BCUT2D eigenvalue weighted by Gasteiger charge is 2.15. The summed E-state index contributed by atoms with van der Waals surface area (Å²) in [5.74, 6) is 0.871. The van der Waals surface area contributed by atoms with Crippen molar-refractivity contribution in [3.63, 3.8) is 0 Å². The number of aryl methyl sites for hydroxylation is 2. The number of nitrogens with zero attached hydrogens (tertiary/aromatic N) is 1. The summed E-state index contributed by atoms with van der Waals surface area (Å²) < 4.78 is 5.77. The van der Waals surface area contributed by atoms with E-state index in [1.54, 1.807) is 0 Å². The fourth-order valence-corrected chi connectivity index (χ4v) is 3.27. The molecule has 0 aliphatic heterocycles. The van der Waals surface area contributed by atoms with Gasteiger partial charge in [-0.3, -0.25) is 4.79 Å². The standard InChI is InChI=1S/C22H26N2O2/c1-15(2)18-12-11-16(3)13-21(18)26-14-22(25)24-23-20-10-6-8-17-7-4-5-9-19(17)20/h4-5,7,9,11-13,15H,6,8,10,14H2,1-3H3,(H,24,25). The molecule has 1 N–H and O–H groups in total. The van der Waals surface area contributed by atoms with Crippen molar-refractivity contribution in [1.29, 1.82) is 0 Å². The largest absolute Gasteiger partial charge is 0.483 e. The smallest absolute Gasteiger partial charge is 0.277 e. The van der Waals surface area contributed by atoms with Crippen molar-refractivity contribution in [2.24, 2.45) is 5.10 Å². The second-order valence-corrected chi connectivity index (χ2v) is 7.09. The minimum absolute atomic E-state index is 0.0401. The SMILES string of the molecule is Cc1ccc(C(C)C)c(OCC(=O)NN=C2CCCc3ccccc32)c1. The molecule has 0 bridgehead atoms. The molecule has 4 nitrogen and oxygen atoms in total. The molecule has 1 aliphatic carbocycles. The van der Waals surface area contributed by atoms with Crippen LogP contribution in [0, 0.1) is 6.92 Å². The van der Waals surface area contributed by atoms with E-state index in [1.165, 1.54) is 5.56 Å². The van der Waals surface area contributed by atoms with E-state index in [-0.39, 0.29) is 12.5 Å². The van der Waals surface area contributed by atoms with E-state index >= 15 is 0 Å². The Labute approximate surface area is 155 Å². The molecule has 3 rings (SSSR count). The second kappa shape index (κ2) is 8.17. The highest BCUT2D eigenvalue weighted by atomic mass is 16.5. The fraction of sp³-hybridized carbons (Fsp3) is 0.364. The van der Waals surface area contributed by atoms with Gasteiger partial charge in [0.1, 0.15) is 5.75 Å². The Morgan fingerprint density at radius 3 is 2.81 bits per heavy atom. The Morgan fingerprint density at radius 2 is 2.00 bits per heavy atom. The van der Waals surface area contributed by atoms with Crippen molar-refractivity contribution < 1.29 is 9.53 Å². The molecular weight excluding hydrogens is 324 g/mol. The number of rotatable bonds is 5. The van der Waals surface area contributed by atoms with E-state index in [0.29, 0.717) is 5.92 Å². The van der Waals surface area contributed by atoms with Gasteiger partial charge in [0.2, 0.25) is 0 Å². The molecule has 2 aromatic carbocycles. The van der Waals surface area contributed by atoms with E-state index < -0.39 is 0 Å². The summed E-state index contributed by atoms with van der Waals surface area (Å²) in [7, 11) is 0. The molecular formula is C22H26N2O2. The maximum Gasteiger partial charge on any atom is 0.277 e. The summed E-state index contributed by atoms with van der Waals surface area (Å²) in [5.41, 5.74) is 8.25. The van der Waals surface area contributed by atoms with Crippen LogP contribution in [-0.4, -0.2) is 18.2 Å². The lowest BCUT2D eigenvalue weighted by Crippen LogP contribution is -2.27. The second-order valence-electron chi connectivity index (χ2n) is 7.09. The van der Waals surface area contributed by atoms with Crippen molar-refractivity contribution >= 4 is 11.6 Å². The third-order valence-electron chi connectivity index (χ3n) is 4.65. The average molecular weight is 350 g/mol. The molecule has 0 heterocycles. The summed E-state index contributed by atoms with van der Waals surface area (Å²) in [6, 6.07) is 14.4. The number of hydrazone groups is 1. The van der Waals surface area contributed by atoms with Crippen LogP contribution in [-0.2, 0) is 11.2 Å². The number of benzene rings is 2. The lowest BCUT2D eigenvalue weighted by molar-refractivity contribution is -0.123. The Bertz CT molecular complexity index is 825. The molecule has 1 amide bonds. The number of carbonyl (C=O) groups is 1. The highest BCUT2D eigenvalue weighted by molar-refractivity contribution is 6.03. The molecule has 0 saturated carbocycles. The van der Waals surface area contributed by atoms with Gasteiger partial charge in [-0.25, -0.2) is 5.43 Å². The van der Waals surface area contributed by atoms with E-state index in [2.05, 4.69) is 48.6 Å². The van der Waals surface area contributed by atoms with Crippen LogP contribution in [0.4, 0.5) is 0 Å². The first-order valence-electron chi connectivity index (χ1n) is 9.21.